The van der Waals surface area contributed by atoms with Crippen LogP contribution in [0.25, 0.3) is 0 Å². The maximum atomic E-state index is 10.2. The van der Waals surface area contributed by atoms with Crippen molar-refractivity contribution in [3.8, 4) is 0 Å². The number of hydrogen-bond donors (Lipinski definition) is 1. The molecular formula is C7H8Na2O3. The quantitative estimate of drug-likeness (QED) is 0.617. The van der Waals surface area contributed by atoms with E-state index in [2.05, 4.69) is 0 Å². The second-order valence-corrected chi connectivity index (χ2v) is 1.67. The third-order valence-electron chi connectivity index (χ3n) is 1.02. The molecule has 0 fully saturated rings. The largest absolute Gasteiger partial charge is 0.478 e. The Morgan fingerprint density at radius 1 is 1.08 bits per heavy atom. The molecule has 5 heteroatoms. The van der Waals surface area contributed by atoms with Crippen molar-refractivity contribution in [2.24, 2.45) is 0 Å². The van der Waals surface area contributed by atoms with Crippen LogP contribution in [0, 0.1) is 0 Å². The average molecular weight is 186 g/mol. The molecule has 0 aliphatic carbocycles. The molecule has 0 saturated heterocycles. The summed E-state index contributed by atoms with van der Waals surface area (Å²) in [5.74, 6) is -0.879. The molecule has 0 atom stereocenters. The van der Waals surface area contributed by atoms with E-state index in [9.17, 15) is 4.79 Å². The van der Waals surface area contributed by atoms with Crippen LogP contribution in [0.1, 0.15) is 10.4 Å². The minimum Gasteiger partial charge on any atom is -0.478 e. The van der Waals surface area contributed by atoms with Crippen LogP contribution in [0.5, 0.6) is 0 Å². The van der Waals surface area contributed by atoms with Crippen LogP contribution >= 0.6 is 0 Å². The van der Waals surface area contributed by atoms with Gasteiger partial charge in [0.25, 0.3) is 0 Å². The van der Waals surface area contributed by atoms with Gasteiger partial charge in [0.05, 0.1) is 5.56 Å². The second-order valence-electron chi connectivity index (χ2n) is 1.67. The van der Waals surface area contributed by atoms with Crippen molar-refractivity contribution in [3.63, 3.8) is 0 Å². The number of rotatable bonds is 1. The summed E-state index contributed by atoms with van der Waals surface area (Å²) in [6.45, 7) is 0. The summed E-state index contributed by atoms with van der Waals surface area (Å²) in [4.78, 5) is 10.2. The zero-order valence-corrected chi connectivity index (χ0v) is 11.2. The van der Waals surface area contributed by atoms with Gasteiger partial charge < -0.3 is 10.6 Å². The molecule has 56 valence electrons. The van der Waals surface area contributed by atoms with E-state index >= 15 is 0 Å². The minimum atomic E-state index is -0.879. The van der Waals surface area contributed by atoms with E-state index in [0.717, 1.165) is 0 Å². The standard InChI is InChI=1S/C7H6O2.2Na.H2O/c8-7(9)6-4-2-1-3-5-6;;;/h1-5H,(H,8,9);;;1H2. The van der Waals surface area contributed by atoms with Gasteiger partial charge in [-0.2, -0.15) is 0 Å². The molecule has 0 amide bonds. The fraction of sp³-hybridized carbons (Fsp3) is 0. The van der Waals surface area contributed by atoms with E-state index in [-0.39, 0.29) is 64.6 Å². The van der Waals surface area contributed by atoms with Crippen LogP contribution in [0.2, 0.25) is 0 Å². The van der Waals surface area contributed by atoms with Gasteiger partial charge in [-0.3, -0.25) is 0 Å². The molecule has 1 aromatic carbocycles. The Labute approximate surface area is 115 Å². The molecule has 2 radical (unpaired) electrons. The fourth-order valence-electron chi connectivity index (χ4n) is 0.581. The molecule has 0 bridgehead atoms. The van der Waals surface area contributed by atoms with Crippen LogP contribution in [0.15, 0.2) is 30.3 Å². The third kappa shape index (κ3) is 6.20. The maximum absolute atomic E-state index is 10.2. The summed E-state index contributed by atoms with van der Waals surface area (Å²) in [5, 5.41) is 8.38. The van der Waals surface area contributed by atoms with Crippen LogP contribution < -0.4 is 0 Å². The molecule has 0 heterocycles. The number of carboxylic acid groups (broad SMARTS) is 1. The Morgan fingerprint density at radius 3 is 1.75 bits per heavy atom. The summed E-state index contributed by atoms with van der Waals surface area (Å²) in [7, 11) is 0. The van der Waals surface area contributed by atoms with Crippen molar-refractivity contribution in [2.75, 3.05) is 0 Å². The van der Waals surface area contributed by atoms with Crippen molar-refractivity contribution in [3.05, 3.63) is 35.9 Å². The summed E-state index contributed by atoms with van der Waals surface area (Å²) >= 11 is 0. The maximum Gasteiger partial charge on any atom is 0.335 e. The summed E-state index contributed by atoms with van der Waals surface area (Å²) in [6, 6.07) is 8.30. The van der Waals surface area contributed by atoms with Gasteiger partial charge in [0, 0.05) is 59.1 Å². The molecule has 0 saturated carbocycles. The first-order valence-corrected chi connectivity index (χ1v) is 2.59. The summed E-state index contributed by atoms with van der Waals surface area (Å²) in [5.41, 5.74) is 0.331. The van der Waals surface area contributed by atoms with Crippen molar-refractivity contribution in [1.82, 2.24) is 0 Å². The zero-order valence-electron chi connectivity index (χ0n) is 7.24. The van der Waals surface area contributed by atoms with E-state index in [0.29, 0.717) is 5.56 Å². The van der Waals surface area contributed by atoms with Crippen LogP contribution in [-0.4, -0.2) is 75.7 Å². The van der Waals surface area contributed by atoms with Gasteiger partial charge in [0.1, 0.15) is 0 Å². The zero-order chi connectivity index (χ0) is 6.69. The Balaban J connectivity index is -0.000000270. The van der Waals surface area contributed by atoms with E-state index in [1.807, 2.05) is 0 Å². The molecule has 1 aromatic rings. The molecule has 12 heavy (non-hydrogen) atoms. The van der Waals surface area contributed by atoms with E-state index < -0.39 is 5.97 Å². The van der Waals surface area contributed by atoms with Crippen molar-refractivity contribution >= 4 is 65.1 Å². The van der Waals surface area contributed by atoms with Gasteiger partial charge in [-0.1, -0.05) is 18.2 Å². The number of carbonyl (C=O) groups is 1. The smallest absolute Gasteiger partial charge is 0.335 e. The SMILES string of the molecule is O.O=C(O)c1ccccc1.[Na].[Na]. The van der Waals surface area contributed by atoms with Crippen LogP contribution in [-0.2, 0) is 0 Å². The number of carboxylic acids is 1. The molecule has 3 N–H and O–H groups in total. The van der Waals surface area contributed by atoms with Gasteiger partial charge >= 0.3 is 5.97 Å². The number of benzene rings is 1. The molecular weight excluding hydrogens is 178 g/mol. The van der Waals surface area contributed by atoms with Crippen molar-refractivity contribution in [1.29, 1.82) is 0 Å². The first kappa shape index (κ1) is 18.4. The molecule has 0 aliphatic heterocycles. The Morgan fingerprint density at radius 2 is 1.50 bits per heavy atom. The predicted octanol–water partition coefficient (Wildman–Crippen LogP) is -0.202. The topological polar surface area (TPSA) is 68.8 Å². The van der Waals surface area contributed by atoms with Gasteiger partial charge in [0.2, 0.25) is 0 Å². The van der Waals surface area contributed by atoms with Crippen molar-refractivity contribution in [2.45, 2.75) is 0 Å². The molecule has 0 aliphatic rings. The Kier molecular flexibility index (Phi) is 15.0. The van der Waals surface area contributed by atoms with Gasteiger partial charge in [-0.05, 0) is 12.1 Å². The average Bonchev–Trinajstić information content (AvgIpc) is 1.90. The van der Waals surface area contributed by atoms with Gasteiger partial charge in [-0.25, -0.2) is 4.79 Å². The number of aromatic carboxylic acids is 1. The monoisotopic (exact) mass is 186 g/mol. The summed E-state index contributed by atoms with van der Waals surface area (Å²) < 4.78 is 0. The molecule has 0 unspecified atom stereocenters. The van der Waals surface area contributed by atoms with E-state index in [1.165, 1.54) is 0 Å². The predicted molar refractivity (Wildman–Crippen MR) is 48.5 cm³/mol. The van der Waals surface area contributed by atoms with E-state index in [4.69, 9.17) is 5.11 Å². The Hall–Kier alpha value is 0.650. The normalized spacial score (nSPS) is 6.67. The van der Waals surface area contributed by atoms with Crippen LogP contribution in [0.4, 0.5) is 0 Å². The van der Waals surface area contributed by atoms with Gasteiger partial charge in [-0.15, -0.1) is 0 Å². The number of hydrogen-bond acceptors (Lipinski definition) is 1. The molecule has 0 aromatic heterocycles. The first-order valence-electron chi connectivity index (χ1n) is 2.59. The third-order valence-corrected chi connectivity index (χ3v) is 1.02. The van der Waals surface area contributed by atoms with Gasteiger partial charge in [0.15, 0.2) is 0 Å². The molecule has 3 nitrogen and oxygen atoms in total. The minimum absolute atomic E-state index is 0. The molecule has 0 spiro atoms. The Bertz CT molecular complexity index is 213. The second kappa shape index (κ2) is 9.74. The van der Waals surface area contributed by atoms with E-state index in [1.54, 1.807) is 30.3 Å². The molecule has 1 rings (SSSR count). The van der Waals surface area contributed by atoms with Crippen LogP contribution in [0.3, 0.4) is 0 Å². The fourth-order valence-corrected chi connectivity index (χ4v) is 0.581. The first-order chi connectivity index (χ1) is 4.30. The summed E-state index contributed by atoms with van der Waals surface area (Å²) in [6.07, 6.45) is 0. The van der Waals surface area contributed by atoms with Crippen molar-refractivity contribution < 1.29 is 15.4 Å².